The van der Waals surface area contributed by atoms with Gasteiger partial charge in [-0.05, 0) is 42.0 Å². The van der Waals surface area contributed by atoms with Crippen molar-refractivity contribution in [3.05, 3.63) is 59.7 Å². The van der Waals surface area contributed by atoms with Gasteiger partial charge in [-0.25, -0.2) is 9.59 Å². The van der Waals surface area contributed by atoms with Gasteiger partial charge in [-0.15, -0.1) is 0 Å². The van der Waals surface area contributed by atoms with Crippen LogP contribution in [0.25, 0.3) is 11.1 Å². The first-order valence-electron chi connectivity index (χ1n) is 11.5. The SMILES string of the molecule is CC(CCCC(C)C(=O)NCC#CC(=O)O)NC(=O)OCC1c2ccccc2-c2ccccc21. The number of hydrogen-bond acceptors (Lipinski definition) is 4. The smallest absolute Gasteiger partial charge is 0.407 e. The Labute approximate surface area is 199 Å². The van der Waals surface area contributed by atoms with Gasteiger partial charge in [-0.3, -0.25) is 4.79 Å². The van der Waals surface area contributed by atoms with Crippen LogP contribution in [-0.2, 0) is 14.3 Å². The summed E-state index contributed by atoms with van der Waals surface area (Å²) in [5, 5.41) is 13.9. The Morgan fingerprint density at radius 3 is 2.24 bits per heavy atom. The van der Waals surface area contributed by atoms with Crippen LogP contribution in [0.4, 0.5) is 4.79 Å². The van der Waals surface area contributed by atoms with Crippen LogP contribution in [0.2, 0.25) is 0 Å². The van der Waals surface area contributed by atoms with Crippen LogP contribution in [-0.4, -0.2) is 42.3 Å². The first-order valence-corrected chi connectivity index (χ1v) is 11.5. The van der Waals surface area contributed by atoms with E-state index in [0.717, 1.165) is 6.42 Å². The second-order valence-electron chi connectivity index (χ2n) is 8.53. The minimum absolute atomic E-state index is 0.00914. The number of carboxylic acids is 1. The van der Waals surface area contributed by atoms with E-state index < -0.39 is 12.1 Å². The van der Waals surface area contributed by atoms with Crippen LogP contribution < -0.4 is 10.6 Å². The molecule has 0 fully saturated rings. The first kappa shape index (κ1) is 24.8. The van der Waals surface area contributed by atoms with E-state index in [9.17, 15) is 14.4 Å². The number of amides is 2. The molecule has 1 aliphatic rings. The molecule has 0 aliphatic heterocycles. The highest BCUT2D eigenvalue weighted by molar-refractivity contribution is 5.86. The third kappa shape index (κ3) is 6.61. The number of aliphatic carboxylic acids is 1. The second-order valence-corrected chi connectivity index (χ2v) is 8.53. The predicted molar refractivity (Wildman–Crippen MR) is 129 cm³/mol. The van der Waals surface area contributed by atoms with Crippen molar-refractivity contribution in [1.82, 2.24) is 10.6 Å². The Hall–Kier alpha value is -3.79. The molecular weight excluding hydrogens is 432 g/mol. The van der Waals surface area contributed by atoms with Crippen LogP contribution in [0, 0.1) is 17.8 Å². The maximum absolute atomic E-state index is 12.4. The highest BCUT2D eigenvalue weighted by Crippen LogP contribution is 2.44. The Bertz CT molecular complexity index is 1060. The molecule has 178 valence electrons. The summed E-state index contributed by atoms with van der Waals surface area (Å²) in [7, 11) is 0. The van der Waals surface area contributed by atoms with Gasteiger partial charge in [0.1, 0.15) is 6.61 Å². The van der Waals surface area contributed by atoms with Crippen molar-refractivity contribution in [3.63, 3.8) is 0 Å². The molecule has 3 N–H and O–H groups in total. The topological polar surface area (TPSA) is 105 Å². The Morgan fingerprint density at radius 2 is 1.62 bits per heavy atom. The molecule has 0 radical (unpaired) electrons. The fraction of sp³-hybridized carbons (Fsp3) is 0.370. The van der Waals surface area contributed by atoms with E-state index in [1.54, 1.807) is 0 Å². The van der Waals surface area contributed by atoms with E-state index in [0.29, 0.717) is 12.8 Å². The standard InChI is InChI=1S/C27H30N2O5/c1-18(26(32)28-16-8-15-25(30)31)9-7-10-19(2)29-27(33)34-17-24-22-13-5-3-11-20(22)21-12-4-6-14-23(21)24/h3-6,11-14,18-19,24H,7,9-10,16-17H2,1-2H3,(H,28,32)(H,29,33)(H,30,31). The number of alkyl carbamates (subject to hydrolysis) is 1. The molecule has 7 nitrogen and oxygen atoms in total. The quantitative estimate of drug-likeness (QED) is 0.490. The minimum Gasteiger partial charge on any atom is -0.472 e. The van der Waals surface area contributed by atoms with Crippen molar-refractivity contribution in [1.29, 1.82) is 0 Å². The van der Waals surface area contributed by atoms with E-state index in [4.69, 9.17) is 9.84 Å². The number of carboxylic acid groups (broad SMARTS) is 1. The maximum atomic E-state index is 12.4. The zero-order valence-corrected chi connectivity index (χ0v) is 19.5. The van der Waals surface area contributed by atoms with Gasteiger partial charge in [0.15, 0.2) is 0 Å². The molecule has 2 unspecified atom stereocenters. The summed E-state index contributed by atoms with van der Waals surface area (Å²) in [6.07, 6.45) is 1.66. The van der Waals surface area contributed by atoms with E-state index in [-0.39, 0.29) is 36.9 Å². The van der Waals surface area contributed by atoms with E-state index in [1.165, 1.54) is 22.3 Å². The van der Waals surface area contributed by atoms with Crippen molar-refractivity contribution in [3.8, 4) is 23.0 Å². The van der Waals surface area contributed by atoms with Gasteiger partial charge in [-0.2, -0.15) is 0 Å². The number of hydrogen-bond donors (Lipinski definition) is 3. The molecule has 34 heavy (non-hydrogen) atoms. The molecule has 0 bridgehead atoms. The Kier molecular flexibility index (Phi) is 8.69. The molecule has 0 heterocycles. The molecule has 3 rings (SSSR count). The van der Waals surface area contributed by atoms with Crippen LogP contribution in [0.15, 0.2) is 48.5 Å². The summed E-state index contributed by atoms with van der Waals surface area (Å²) in [6.45, 7) is 4.00. The molecule has 0 saturated heterocycles. The van der Waals surface area contributed by atoms with Crippen molar-refractivity contribution in [2.45, 2.75) is 45.1 Å². The highest BCUT2D eigenvalue weighted by atomic mass is 16.5. The fourth-order valence-corrected chi connectivity index (χ4v) is 4.20. The summed E-state index contributed by atoms with van der Waals surface area (Å²) < 4.78 is 5.58. The Morgan fingerprint density at radius 1 is 1.00 bits per heavy atom. The normalized spacial score (nSPS) is 13.5. The molecule has 2 aromatic carbocycles. The van der Waals surface area contributed by atoms with Crippen molar-refractivity contribution < 1.29 is 24.2 Å². The van der Waals surface area contributed by atoms with Gasteiger partial charge < -0.3 is 20.5 Å². The number of carbonyl (C=O) groups is 3. The lowest BCUT2D eigenvalue weighted by atomic mass is 9.98. The minimum atomic E-state index is -1.22. The molecule has 2 amide bonds. The van der Waals surface area contributed by atoms with Crippen LogP contribution in [0.1, 0.15) is 50.2 Å². The third-order valence-corrected chi connectivity index (χ3v) is 5.98. The van der Waals surface area contributed by atoms with Gasteiger partial charge in [-0.1, -0.05) is 67.8 Å². The highest BCUT2D eigenvalue weighted by Gasteiger charge is 2.29. The van der Waals surface area contributed by atoms with Gasteiger partial charge in [0.25, 0.3) is 0 Å². The molecule has 0 spiro atoms. The van der Waals surface area contributed by atoms with E-state index in [2.05, 4.69) is 40.8 Å². The number of nitrogens with one attached hydrogen (secondary N) is 2. The third-order valence-electron chi connectivity index (χ3n) is 5.98. The van der Waals surface area contributed by atoms with Gasteiger partial charge >= 0.3 is 12.1 Å². The summed E-state index contributed by atoms with van der Waals surface area (Å²) in [4.78, 5) is 34.7. The predicted octanol–water partition coefficient (Wildman–Crippen LogP) is 3.92. The summed E-state index contributed by atoms with van der Waals surface area (Å²) in [6, 6.07) is 16.3. The number of ether oxygens (including phenoxy) is 1. The molecular formula is C27H30N2O5. The second kappa shape index (κ2) is 11.9. The number of fused-ring (bicyclic) bond motifs is 3. The average molecular weight is 463 g/mol. The van der Waals surface area contributed by atoms with Gasteiger partial charge in [0, 0.05) is 23.8 Å². The average Bonchev–Trinajstić information content (AvgIpc) is 3.14. The summed E-state index contributed by atoms with van der Waals surface area (Å²) in [5.41, 5.74) is 4.72. The van der Waals surface area contributed by atoms with Gasteiger partial charge in [0.05, 0.1) is 6.54 Å². The number of carbonyl (C=O) groups excluding carboxylic acids is 2. The van der Waals surface area contributed by atoms with Gasteiger partial charge in [0.2, 0.25) is 5.91 Å². The van der Waals surface area contributed by atoms with Crippen molar-refractivity contribution in [2.24, 2.45) is 5.92 Å². The summed E-state index contributed by atoms with van der Waals surface area (Å²) >= 11 is 0. The fourth-order valence-electron chi connectivity index (χ4n) is 4.20. The molecule has 7 heteroatoms. The zero-order chi connectivity index (χ0) is 24.5. The molecule has 0 saturated carbocycles. The van der Waals surface area contributed by atoms with E-state index >= 15 is 0 Å². The number of benzene rings is 2. The largest absolute Gasteiger partial charge is 0.472 e. The number of rotatable bonds is 9. The molecule has 2 aromatic rings. The monoisotopic (exact) mass is 462 g/mol. The first-order chi connectivity index (χ1) is 16.4. The lowest BCUT2D eigenvalue weighted by Gasteiger charge is -2.18. The Balaban J connectivity index is 1.39. The lowest BCUT2D eigenvalue weighted by molar-refractivity contribution is -0.130. The van der Waals surface area contributed by atoms with Crippen LogP contribution >= 0.6 is 0 Å². The molecule has 2 atom stereocenters. The molecule has 0 aromatic heterocycles. The summed E-state index contributed by atoms with van der Waals surface area (Å²) in [5.74, 6) is 2.72. The van der Waals surface area contributed by atoms with Crippen molar-refractivity contribution in [2.75, 3.05) is 13.2 Å². The zero-order valence-electron chi connectivity index (χ0n) is 19.5. The van der Waals surface area contributed by atoms with Crippen molar-refractivity contribution >= 4 is 18.0 Å². The molecule has 1 aliphatic carbocycles. The van der Waals surface area contributed by atoms with Crippen LogP contribution in [0.5, 0.6) is 0 Å². The lowest BCUT2D eigenvalue weighted by Crippen LogP contribution is -2.34. The maximum Gasteiger partial charge on any atom is 0.407 e. The van der Waals surface area contributed by atoms with E-state index in [1.807, 2.05) is 44.0 Å². The van der Waals surface area contributed by atoms with Crippen LogP contribution in [0.3, 0.4) is 0 Å².